The second-order valence-electron chi connectivity index (χ2n) is 4.33. The average Bonchev–Trinajstić information content (AvgIpc) is 2.45. The highest BCUT2D eigenvalue weighted by molar-refractivity contribution is 7.89. The quantitative estimate of drug-likeness (QED) is 0.663. The normalized spacial score (nSPS) is 12.9. The molecule has 1 aromatic rings. The van der Waals surface area contributed by atoms with Crippen molar-refractivity contribution in [1.29, 1.82) is 0 Å². The molecule has 0 saturated carbocycles. The number of carbonyl (C=O) groups excluding carboxylic acids is 1. The fourth-order valence-electron chi connectivity index (χ4n) is 1.67. The minimum Gasteiger partial charge on any atom is -0.469 e. The molecule has 0 aliphatic heterocycles. The van der Waals surface area contributed by atoms with Crippen LogP contribution in [-0.4, -0.2) is 45.0 Å². The van der Waals surface area contributed by atoms with Crippen LogP contribution in [0.5, 0.6) is 0 Å². The van der Waals surface area contributed by atoms with Crippen molar-refractivity contribution in [2.45, 2.75) is 18.9 Å². The number of hydrogen-bond donors (Lipinski definition) is 2. The summed E-state index contributed by atoms with van der Waals surface area (Å²) in [5.74, 6) is -0.940. The summed E-state index contributed by atoms with van der Waals surface area (Å²) in [6.45, 7) is -0.313. The molecule has 0 saturated heterocycles. The van der Waals surface area contributed by atoms with Crippen LogP contribution in [0.3, 0.4) is 0 Å². The third kappa shape index (κ3) is 6.14. The Hall–Kier alpha value is -1.44. The molecular weight excluding hydrogens is 282 g/mol. The Balaban J connectivity index is 2.56. The van der Waals surface area contributed by atoms with Gasteiger partial charge in [-0.15, -0.1) is 0 Å². The van der Waals surface area contributed by atoms with E-state index < -0.39 is 22.0 Å². The van der Waals surface area contributed by atoms with Crippen molar-refractivity contribution in [2.75, 3.05) is 19.5 Å². The van der Waals surface area contributed by atoms with Gasteiger partial charge >= 0.3 is 5.97 Å². The highest BCUT2D eigenvalue weighted by atomic mass is 32.2. The van der Waals surface area contributed by atoms with E-state index in [2.05, 4.69) is 9.46 Å². The monoisotopic (exact) mass is 301 g/mol. The summed E-state index contributed by atoms with van der Waals surface area (Å²) in [5.41, 5.74) is 0.919. The van der Waals surface area contributed by atoms with Crippen LogP contribution in [0.4, 0.5) is 0 Å². The number of methoxy groups -OCH3 is 1. The smallest absolute Gasteiger partial charge is 0.306 e. The van der Waals surface area contributed by atoms with Gasteiger partial charge in [-0.2, -0.15) is 0 Å². The van der Waals surface area contributed by atoms with Crippen LogP contribution in [-0.2, 0) is 26.0 Å². The maximum atomic E-state index is 11.8. The average molecular weight is 301 g/mol. The fourth-order valence-corrected chi connectivity index (χ4v) is 2.89. The zero-order valence-corrected chi connectivity index (χ0v) is 12.1. The number of nitrogens with one attached hydrogen (secondary N) is 1. The number of benzene rings is 1. The van der Waals surface area contributed by atoms with Gasteiger partial charge in [0.1, 0.15) is 0 Å². The van der Waals surface area contributed by atoms with E-state index in [1.54, 1.807) is 0 Å². The summed E-state index contributed by atoms with van der Waals surface area (Å²) in [7, 11) is -2.43. The number of esters is 1. The molecule has 0 heterocycles. The Morgan fingerprint density at radius 3 is 2.55 bits per heavy atom. The fraction of sp³-hybridized carbons (Fsp3) is 0.462. The van der Waals surface area contributed by atoms with Crippen LogP contribution in [0.15, 0.2) is 30.3 Å². The Labute approximate surface area is 118 Å². The van der Waals surface area contributed by atoms with E-state index in [-0.39, 0.29) is 18.8 Å². The maximum absolute atomic E-state index is 11.8. The molecule has 0 fully saturated rings. The molecule has 0 unspecified atom stereocenters. The standard InChI is InChI=1S/C13H19NO5S/c1-19-13(16)7-8-20(17,18)14-12(10-15)9-11-5-3-2-4-6-11/h2-6,12,14-15H,7-10H2,1H3/t12-/m1/s1. The van der Waals surface area contributed by atoms with Crippen LogP contribution in [0, 0.1) is 0 Å². The van der Waals surface area contributed by atoms with Crippen molar-refractivity contribution in [2.24, 2.45) is 0 Å². The lowest BCUT2D eigenvalue weighted by Gasteiger charge is -2.16. The van der Waals surface area contributed by atoms with Gasteiger partial charge in [0.05, 0.1) is 25.9 Å². The van der Waals surface area contributed by atoms with Crippen molar-refractivity contribution in [1.82, 2.24) is 4.72 Å². The van der Waals surface area contributed by atoms with Gasteiger partial charge in [0.2, 0.25) is 10.0 Å². The molecule has 0 radical (unpaired) electrons. The first kappa shape index (κ1) is 16.6. The lowest BCUT2D eigenvalue weighted by atomic mass is 10.1. The zero-order chi connectivity index (χ0) is 15.0. The van der Waals surface area contributed by atoms with E-state index in [0.717, 1.165) is 5.56 Å². The van der Waals surface area contributed by atoms with Crippen molar-refractivity contribution in [3.05, 3.63) is 35.9 Å². The van der Waals surface area contributed by atoms with Crippen LogP contribution in [0.2, 0.25) is 0 Å². The van der Waals surface area contributed by atoms with Crippen LogP contribution in [0.1, 0.15) is 12.0 Å². The van der Waals surface area contributed by atoms with Gasteiger partial charge < -0.3 is 9.84 Å². The van der Waals surface area contributed by atoms with Gasteiger partial charge in [0.15, 0.2) is 0 Å². The number of aliphatic hydroxyl groups excluding tert-OH is 1. The number of rotatable bonds is 8. The summed E-state index contributed by atoms with van der Waals surface area (Å²) in [6, 6.07) is 8.64. The Bertz CT molecular complexity index is 515. The molecule has 1 aromatic carbocycles. The molecule has 20 heavy (non-hydrogen) atoms. The molecular formula is C13H19NO5S. The first-order valence-electron chi connectivity index (χ1n) is 6.18. The minimum atomic E-state index is -3.63. The minimum absolute atomic E-state index is 0.213. The molecule has 0 bridgehead atoms. The Morgan fingerprint density at radius 1 is 1.35 bits per heavy atom. The van der Waals surface area contributed by atoms with Gasteiger partial charge in [-0.05, 0) is 12.0 Å². The van der Waals surface area contributed by atoms with Gasteiger partial charge in [0.25, 0.3) is 0 Å². The van der Waals surface area contributed by atoms with E-state index in [1.807, 2.05) is 30.3 Å². The van der Waals surface area contributed by atoms with Crippen molar-refractivity contribution >= 4 is 16.0 Å². The predicted molar refractivity (Wildman–Crippen MR) is 74.6 cm³/mol. The SMILES string of the molecule is COC(=O)CCS(=O)(=O)N[C@@H](CO)Cc1ccccc1. The third-order valence-corrected chi connectivity index (χ3v) is 4.13. The van der Waals surface area contributed by atoms with Gasteiger partial charge in [-0.3, -0.25) is 4.79 Å². The summed E-state index contributed by atoms with van der Waals surface area (Å²) in [5, 5.41) is 9.26. The van der Waals surface area contributed by atoms with Gasteiger partial charge in [-0.1, -0.05) is 30.3 Å². The third-order valence-electron chi connectivity index (χ3n) is 2.69. The van der Waals surface area contributed by atoms with E-state index >= 15 is 0 Å². The highest BCUT2D eigenvalue weighted by Crippen LogP contribution is 2.04. The molecule has 7 heteroatoms. The molecule has 0 aromatic heterocycles. The van der Waals surface area contributed by atoms with Crippen molar-refractivity contribution in [3.8, 4) is 0 Å². The highest BCUT2D eigenvalue weighted by Gasteiger charge is 2.19. The predicted octanol–water partition coefficient (Wildman–Crippen LogP) is 0.0725. The lowest BCUT2D eigenvalue weighted by Crippen LogP contribution is -2.40. The first-order chi connectivity index (χ1) is 9.46. The molecule has 0 amide bonds. The van der Waals surface area contributed by atoms with Crippen LogP contribution >= 0.6 is 0 Å². The second-order valence-corrected chi connectivity index (χ2v) is 6.21. The summed E-state index contributed by atoms with van der Waals surface area (Å²) >= 11 is 0. The lowest BCUT2D eigenvalue weighted by molar-refractivity contribution is -0.140. The molecule has 0 aliphatic carbocycles. The number of sulfonamides is 1. The molecule has 1 rings (SSSR count). The van der Waals surface area contributed by atoms with Crippen LogP contribution < -0.4 is 4.72 Å². The summed E-state index contributed by atoms with van der Waals surface area (Å²) in [4.78, 5) is 10.9. The van der Waals surface area contributed by atoms with Crippen molar-refractivity contribution < 1.29 is 23.1 Å². The largest absolute Gasteiger partial charge is 0.469 e. The van der Waals surface area contributed by atoms with E-state index in [4.69, 9.17) is 0 Å². The molecule has 6 nitrogen and oxygen atoms in total. The Kier molecular flexibility index (Phi) is 6.63. The molecule has 0 aliphatic rings. The molecule has 2 N–H and O–H groups in total. The van der Waals surface area contributed by atoms with Gasteiger partial charge in [0, 0.05) is 6.04 Å². The summed E-state index contributed by atoms with van der Waals surface area (Å²) in [6.07, 6.45) is 0.171. The molecule has 112 valence electrons. The number of carbonyl (C=O) groups is 1. The van der Waals surface area contributed by atoms with E-state index in [0.29, 0.717) is 6.42 Å². The van der Waals surface area contributed by atoms with E-state index in [1.165, 1.54) is 7.11 Å². The Morgan fingerprint density at radius 2 is 2.00 bits per heavy atom. The summed E-state index contributed by atoms with van der Waals surface area (Å²) < 4.78 is 30.3. The van der Waals surface area contributed by atoms with E-state index in [9.17, 15) is 18.3 Å². The first-order valence-corrected chi connectivity index (χ1v) is 7.83. The maximum Gasteiger partial charge on any atom is 0.306 e. The van der Waals surface area contributed by atoms with Crippen molar-refractivity contribution in [3.63, 3.8) is 0 Å². The topological polar surface area (TPSA) is 92.7 Å². The van der Waals surface area contributed by atoms with Gasteiger partial charge in [-0.25, -0.2) is 13.1 Å². The van der Waals surface area contributed by atoms with Crippen LogP contribution in [0.25, 0.3) is 0 Å². The molecule has 1 atom stereocenters. The molecule has 0 spiro atoms. The number of ether oxygens (including phenoxy) is 1. The number of aliphatic hydroxyl groups is 1. The second kappa shape index (κ2) is 7.98. The number of hydrogen-bond acceptors (Lipinski definition) is 5. The zero-order valence-electron chi connectivity index (χ0n) is 11.3.